The van der Waals surface area contributed by atoms with Crippen LogP contribution in [0.2, 0.25) is 5.02 Å². The maximum Gasteiger partial charge on any atom is 0.351 e. The van der Waals surface area contributed by atoms with Gasteiger partial charge in [0.15, 0.2) is 0 Å². The number of aromatic nitrogens is 4. The predicted molar refractivity (Wildman–Crippen MR) is 110 cm³/mol. The summed E-state index contributed by atoms with van der Waals surface area (Å²) >= 11 is 6.12. The molecule has 2 heterocycles. The summed E-state index contributed by atoms with van der Waals surface area (Å²) in [6.45, 7) is -0.301. The van der Waals surface area contributed by atoms with Crippen LogP contribution in [0.3, 0.4) is 0 Å². The summed E-state index contributed by atoms with van der Waals surface area (Å²) in [4.78, 5) is 29.3. The molecule has 2 aromatic carbocycles. The van der Waals surface area contributed by atoms with Gasteiger partial charge in [-0.1, -0.05) is 35.9 Å². The van der Waals surface area contributed by atoms with Gasteiger partial charge in [0.1, 0.15) is 18.0 Å². The highest BCUT2D eigenvalue weighted by molar-refractivity contribution is 6.32. The molecule has 1 N–H and O–H groups in total. The number of benzene rings is 2. The lowest BCUT2D eigenvalue weighted by Crippen LogP contribution is -2.28. The Labute approximate surface area is 175 Å². The standard InChI is InChI=1S/C20H16ClN5O4/c1-29-16-9-5-3-7-14(16)23-17(27)12-26-20(28)25-11-10-22-19(18(25)24-26)30-15-8-4-2-6-13(15)21/h2-11H,12H2,1H3,(H,23,27). The third-order valence-corrected chi connectivity index (χ3v) is 4.50. The summed E-state index contributed by atoms with van der Waals surface area (Å²) in [6.07, 6.45) is 2.85. The molecule has 0 aliphatic rings. The van der Waals surface area contributed by atoms with E-state index in [9.17, 15) is 9.59 Å². The molecule has 0 spiro atoms. The van der Waals surface area contributed by atoms with Crippen molar-refractivity contribution in [1.82, 2.24) is 19.2 Å². The molecule has 4 rings (SSSR count). The van der Waals surface area contributed by atoms with Crippen LogP contribution in [0.25, 0.3) is 5.65 Å². The first kappa shape index (κ1) is 19.5. The molecule has 2 aromatic heterocycles. The van der Waals surface area contributed by atoms with Crippen LogP contribution in [0, 0.1) is 0 Å². The highest BCUT2D eigenvalue weighted by Crippen LogP contribution is 2.29. The molecule has 4 aromatic rings. The number of carbonyl (C=O) groups is 1. The number of amides is 1. The molecular formula is C20H16ClN5O4. The number of para-hydroxylation sites is 3. The van der Waals surface area contributed by atoms with Crippen LogP contribution >= 0.6 is 11.6 Å². The Morgan fingerprint density at radius 2 is 1.87 bits per heavy atom. The van der Waals surface area contributed by atoms with Gasteiger partial charge in [0.25, 0.3) is 5.88 Å². The van der Waals surface area contributed by atoms with E-state index in [1.165, 1.54) is 23.9 Å². The van der Waals surface area contributed by atoms with Crippen molar-refractivity contribution in [3.63, 3.8) is 0 Å². The molecule has 0 saturated heterocycles. The summed E-state index contributed by atoms with van der Waals surface area (Å²) in [6, 6.07) is 13.8. The maximum atomic E-state index is 12.7. The minimum absolute atomic E-state index is 0.0894. The van der Waals surface area contributed by atoms with Gasteiger partial charge in [-0.3, -0.25) is 4.79 Å². The van der Waals surface area contributed by atoms with Crippen LogP contribution in [-0.4, -0.2) is 32.2 Å². The number of nitrogens with zero attached hydrogens (tertiary/aromatic N) is 4. The molecule has 0 bridgehead atoms. The van der Waals surface area contributed by atoms with E-state index < -0.39 is 11.6 Å². The first-order valence-corrected chi connectivity index (χ1v) is 9.24. The normalized spacial score (nSPS) is 10.7. The molecular weight excluding hydrogens is 410 g/mol. The highest BCUT2D eigenvalue weighted by atomic mass is 35.5. The van der Waals surface area contributed by atoms with Gasteiger partial charge in [0.05, 0.1) is 17.8 Å². The van der Waals surface area contributed by atoms with Gasteiger partial charge in [0.2, 0.25) is 11.6 Å². The number of hydrogen-bond acceptors (Lipinski definition) is 6. The van der Waals surface area contributed by atoms with Crippen LogP contribution in [-0.2, 0) is 11.3 Å². The van der Waals surface area contributed by atoms with E-state index in [2.05, 4.69) is 15.4 Å². The maximum absolute atomic E-state index is 12.7. The number of anilines is 1. The molecule has 30 heavy (non-hydrogen) atoms. The van der Waals surface area contributed by atoms with Gasteiger partial charge in [-0.2, -0.15) is 0 Å². The Hall–Kier alpha value is -3.85. The first-order valence-electron chi connectivity index (χ1n) is 8.86. The Bertz CT molecular complexity index is 1280. The highest BCUT2D eigenvalue weighted by Gasteiger charge is 2.17. The summed E-state index contributed by atoms with van der Waals surface area (Å²) in [7, 11) is 1.51. The monoisotopic (exact) mass is 425 g/mol. The van der Waals surface area contributed by atoms with Crippen molar-refractivity contribution in [3.8, 4) is 17.4 Å². The van der Waals surface area contributed by atoms with Gasteiger partial charge in [0, 0.05) is 12.4 Å². The number of hydrogen-bond donors (Lipinski definition) is 1. The SMILES string of the molecule is COc1ccccc1NC(=O)Cn1nc2c(Oc3ccccc3Cl)nccn2c1=O. The molecule has 0 fully saturated rings. The molecule has 0 atom stereocenters. The zero-order chi connectivity index (χ0) is 21.1. The fraction of sp³-hybridized carbons (Fsp3) is 0.100. The second-order valence-corrected chi connectivity index (χ2v) is 6.55. The Balaban J connectivity index is 1.61. The molecule has 152 valence electrons. The van der Waals surface area contributed by atoms with Crippen LogP contribution in [0.4, 0.5) is 5.69 Å². The average molecular weight is 426 g/mol. The van der Waals surface area contributed by atoms with E-state index in [1.807, 2.05) is 0 Å². The molecule has 0 aliphatic heterocycles. The minimum Gasteiger partial charge on any atom is -0.495 e. The van der Waals surface area contributed by atoms with Crippen molar-refractivity contribution >= 4 is 28.8 Å². The zero-order valence-electron chi connectivity index (χ0n) is 15.8. The van der Waals surface area contributed by atoms with Crippen molar-refractivity contribution in [2.24, 2.45) is 0 Å². The number of methoxy groups -OCH3 is 1. The van der Waals surface area contributed by atoms with E-state index in [0.717, 1.165) is 4.68 Å². The molecule has 0 saturated carbocycles. The van der Waals surface area contributed by atoms with E-state index >= 15 is 0 Å². The lowest BCUT2D eigenvalue weighted by molar-refractivity contribution is -0.117. The van der Waals surface area contributed by atoms with E-state index in [-0.39, 0.29) is 18.1 Å². The largest absolute Gasteiger partial charge is 0.495 e. The lowest BCUT2D eigenvalue weighted by atomic mass is 10.3. The van der Waals surface area contributed by atoms with Gasteiger partial charge in [-0.05, 0) is 24.3 Å². The third kappa shape index (κ3) is 3.83. The van der Waals surface area contributed by atoms with Crippen LogP contribution in [0.5, 0.6) is 17.4 Å². The number of ether oxygens (including phenoxy) is 2. The molecule has 0 unspecified atom stereocenters. The van der Waals surface area contributed by atoms with Gasteiger partial charge < -0.3 is 14.8 Å². The Morgan fingerprint density at radius 3 is 2.63 bits per heavy atom. The summed E-state index contributed by atoms with van der Waals surface area (Å²) in [5, 5.41) is 7.30. The fourth-order valence-corrected chi connectivity index (χ4v) is 2.98. The topological polar surface area (TPSA) is 99.8 Å². The summed E-state index contributed by atoms with van der Waals surface area (Å²) in [5.74, 6) is 0.529. The number of fused-ring (bicyclic) bond motifs is 1. The van der Waals surface area contributed by atoms with Gasteiger partial charge in [-0.25, -0.2) is 18.9 Å². The number of halogens is 1. The number of rotatable bonds is 6. The van der Waals surface area contributed by atoms with Crippen LogP contribution in [0.1, 0.15) is 0 Å². The van der Waals surface area contributed by atoms with Crippen molar-refractivity contribution < 1.29 is 14.3 Å². The summed E-state index contributed by atoms with van der Waals surface area (Å²) < 4.78 is 13.2. The van der Waals surface area contributed by atoms with Crippen LogP contribution < -0.4 is 20.5 Å². The molecule has 9 nitrogen and oxygen atoms in total. The second kappa shape index (κ2) is 8.26. The zero-order valence-corrected chi connectivity index (χ0v) is 16.5. The smallest absolute Gasteiger partial charge is 0.351 e. The Kier molecular flexibility index (Phi) is 5.36. The average Bonchev–Trinajstić information content (AvgIpc) is 3.06. The third-order valence-electron chi connectivity index (χ3n) is 4.19. The Morgan fingerprint density at radius 1 is 1.13 bits per heavy atom. The summed E-state index contributed by atoms with van der Waals surface area (Å²) in [5.41, 5.74) is 0.144. The van der Waals surface area contributed by atoms with E-state index in [4.69, 9.17) is 21.1 Å². The fourth-order valence-electron chi connectivity index (χ4n) is 2.81. The van der Waals surface area contributed by atoms with E-state index in [0.29, 0.717) is 22.2 Å². The van der Waals surface area contributed by atoms with Crippen molar-refractivity contribution in [2.75, 3.05) is 12.4 Å². The van der Waals surface area contributed by atoms with E-state index in [1.54, 1.807) is 48.5 Å². The number of carbonyl (C=O) groups excluding carboxylic acids is 1. The molecule has 1 amide bonds. The molecule has 0 radical (unpaired) electrons. The molecule has 0 aliphatic carbocycles. The number of nitrogens with one attached hydrogen (secondary N) is 1. The van der Waals surface area contributed by atoms with Crippen molar-refractivity contribution in [2.45, 2.75) is 6.54 Å². The van der Waals surface area contributed by atoms with Gasteiger partial charge >= 0.3 is 5.69 Å². The van der Waals surface area contributed by atoms with Crippen LogP contribution in [0.15, 0.2) is 65.7 Å². The predicted octanol–water partition coefficient (Wildman–Crippen LogP) is 2.98. The van der Waals surface area contributed by atoms with Crippen molar-refractivity contribution in [3.05, 3.63) is 76.4 Å². The minimum atomic E-state index is -0.508. The van der Waals surface area contributed by atoms with Crippen molar-refractivity contribution in [1.29, 1.82) is 0 Å². The molecule has 10 heteroatoms. The van der Waals surface area contributed by atoms with Gasteiger partial charge in [-0.15, -0.1) is 5.10 Å². The lowest BCUT2D eigenvalue weighted by Gasteiger charge is -2.09. The quantitative estimate of drug-likeness (QED) is 0.509. The second-order valence-electron chi connectivity index (χ2n) is 6.15. The first-order chi connectivity index (χ1) is 14.6.